The quantitative estimate of drug-likeness (QED) is 0.676. The van der Waals surface area contributed by atoms with Gasteiger partial charge in [-0.15, -0.1) is 0 Å². The van der Waals surface area contributed by atoms with Gasteiger partial charge in [0.05, 0.1) is 11.6 Å². The molecule has 7 heteroatoms. The molecule has 0 fully saturated rings. The highest BCUT2D eigenvalue weighted by atomic mass is 16.2. The van der Waals surface area contributed by atoms with E-state index in [4.69, 9.17) is 5.26 Å². The molecule has 0 aliphatic heterocycles. The molecule has 0 atom stereocenters. The summed E-state index contributed by atoms with van der Waals surface area (Å²) in [6, 6.07) is 17.0. The summed E-state index contributed by atoms with van der Waals surface area (Å²) in [5.74, 6) is 0.0184. The monoisotopic (exact) mass is 357 g/mol. The van der Waals surface area contributed by atoms with Crippen molar-refractivity contribution in [2.45, 2.75) is 6.92 Å². The van der Waals surface area contributed by atoms with Gasteiger partial charge in [-0.2, -0.15) is 5.26 Å². The van der Waals surface area contributed by atoms with Crippen molar-refractivity contribution in [3.8, 4) is 6.07 Å². The van der Waals surface area contributed by atoms with Crippen LogP contribution in [0.2, 0.25) is 0 Å². The molecule has 3 aromatic rings. The zero-order chi connectivity index (χ0) is 19.2. The van der Waals surface area contributed by atoms with Gasteiger partial charge in [0.2, 0.25) is 0 Å². The van der Waals surface area contributed by atoms with Gasteiger partial charge in [-0.05, 0) is 55.5 Å². The third kappa shape index (κ3) is 4.52. The molecule has 2 aromatic carbocycles. The second kappa shape index (κ2) is 7.89. The molecule has 0 radical (unpaired) electrons. The molecule has 27 heavy (non-hydrogen) atoms. The fourth-order valence-electron chi connectivity index (χ4n) is 2.31. The van der Waals surface area contributed by atoms with Crippen molar-refractivity contribution in [3.63, 3.8) is 0 Å². The Morgan fingerprint density at radius 1 is 0.963 bits per heavy atom. The summed E-state index contributed by atoms with van der Waals surface area (Å²) in [6.07, 6.45) is 1.29. The normalized spacial score (nSPS) is 9.93. The standard InChI is InChI=1S/C20H15N5O2/c1-13(26)15-4-8-17(9-5-15)25-20(27)18-10-19(23-12-22-18)24-16-6-2-14(11-21)3-7-16/h2-10,12H,1H3,(H,25,27)(H,22,23,24). The van der Waals surface area contributed by atoms with Gasteiger partial charge in [-0.1, -0.05) is 0 Å². The highest BCUT2D eigenvalue weighted by Gasteiger charge is 2.10. The molecule has 0 aliphatic rings. The number of carbonyl (C=O) groups is 2. The van der Waals surface area contributed by atoms with Crippen molar-refractivity contribution in [2.75, 3.05) is 10.6 Å². The average Bonchev–Trinajstić information content (AvgIpc) is 2.69. The van der Waals surface area contributed by atoms with Gasteiger partial charge < -0.3 is 10.6 Å². The second-order valence-corrected chi connectivity index (χ2v) is 5.69. The number of amides is 1. The summed E-state index contributed by atoms with van der Waals surface area (Å²) in [5, 5.41) is 14.6. The maximum atomic E-state index is 12.4. The minimum absolute atomic E-state index is 0.0396. The minimum atomic E-state index is -0.393. The smallest absolute Gasteiger partial charge is 0.274 e. The lowest BCUT2D eigenvalue weighted by Gasteiger charge is -2.08. The van der Waals surface area contributed by atoms with Crippen molar-refractivity contribution >= 4 is 28.9 Å². The summed E-state index contributed by atoms with van der Waals surface area (Å²) >= 11 is 0. The molecule has 1 amide bonds. The van der Waals surface area contributed by atoms with Gasteiger partial charge in [0.25, 0.3) is 5.91 Å². The van der Waals surface area contributed by atoms with Crippen molar-refractivity contribution < 1.29 is 9.59 Å². The molecule has 1 aromatic heterocycles. The molecule has 0 aliphatic carbocycles. The number of ketones is 1. The second-order valence-electron chi connectivity index (χ2n) is 5.69. The van der Waals surface area contributed by atoms with E-state index in [1.54, 1.807) is 48.5 Å². The number of Topliss-reactive ketones (excluding diaryl/α,β-unsaturated/α-hetero) is 1. The van der Waals surface area contributed by atoms with Crippen LogP contribution in [-0.2, 0) is 0 Å². The Labute approximate surface area is 155 Å². The lowest BCUT2D eigenvalue weighted by atomic mass is 10.1. The SMILES string of the molecule is CC(=O)c1ccc(NC(=O)c2cc(Nc3ccc(C#N)cc3)ncn2)cc1. The van der Waals surface area contributed by atoms with Gasteiger partial charge >= 0.3 is 0 Å². The van der Waals surface area contributed by atoms with E-state index in [9.17, 15) is 9.59 Å². The van der Waals surface area contributed by atoms with E-state index in [1.165, 1.54) is 19.3 Å². The first-order valence-electron chi connectivity index (χ1n) is 8.07. The van der Waals surface area contributed by atoms with E-state index in [0.717, 1.165) is 5.69 Å². The van der Waals surface area contributed by atoms with Gasteiger partial charge in [0.15, 0.2) is 5.78 Å². The van der Waals surface area contributed by atoms with Crippen LogP contribution in [0.5, 0.6) is 0 Å². The number of nitriles is 1. The molecule has 1 heterocycles. The predicted molar refractivity (Wildman–Crippen MR) is 101 cm³/mol. The Kier molecular flexibility index (Phi) is 5.19. The Hall–Kier alpha value is -4.05. The van der Waals surface area contributed by atoms with Gasteiger partial charge in [-0.3, -0.25) is 9.59 Å². The van der Waals surface area contributed by atoms with Crippen LogP contribution >= 0.6 is 0 Å². The highest BCUT2D eigenvalue weighted by molar-refractivity contribution is 6.03. The van der Waals surface area contributed by atoms with Crippen LogP contribution in [0.25, 0.3) is 0 Å². The van der Waals surface area contributed by atoms with E-state index >= 15 is 0 Å². The maximum Gasteiger partial charge on any atom is 0.274 e. The molecule has 7 nitrogen and oxygen atoms in total. The van der Waals surface area contributed by atoms with E-state index in [0.29, 0.717) is 22.6 Å². The Morgan fingerprint density at radius 2 is 1.63 bits per heavy atom. The maximum absolute atomic E-state index is 12.4. The lowest BCUT2D eigenvalue weighted by molar-refractivity contribution is 0.101. The van der Waals surface area contributed by atoms with Crippen LogP contribution < -0.4 is 10.6 Å². The van der Waals surface area contributed by atoms with Gasteiger partial charge in [-0.25, -0.2) is 9.97 Å². The summed E-state index contributed by atoms with van der Waals surface area (Å²) in [7, 11) is 0. The van der Waals surface area contributed by atoms with Crippen LogP contribution in [0.1, 0.15) is 33.3 Å². The number of hydrogen-bond donors (Lipinski definition) is 2. The van der Waals surface area contributed by atoms with Crippen LogP contribution in [0.4, 0.5) is 17.2 Å². The third-order valence-electron chi connectivity index (χ3n) is 3.74. The number of aromatic nitrogens is 2. The summed E-state index contributed by atoms with van der Waals surface area (Å²) in [6.45, 7) is 1.48. The molecular formula is C20H15N5O2. The molecule has 0 bridgehead atoms. The van der Waals surface area contributed by atoms with Crippen molar-refractivity contribution in [2.24, 2.45) is 0 Å². The summed E-state index contributed by atoms with van der Waals surface area (Å²) in [4.78, 5) is 31.8. The van der Waals surface area contributed by atoms with Crippen molar-refractivity contribution in [1.82, 2.24) is 9.97 Å². The summed E-state index contributed by atoms with van der Waals surface area (Å²) < 4.78 is 0. The molecule has 2 N–H and O–H groups in total. The van der Waals surface area contributed by atoms with Crippen LogP contribution in [-0.4, -0.2) is 21.7 Å². The molecule has 0 saturated carbocycles. The fourth-order valence-corrected chi connectivity index (χ4v) is 2.31. The highest BCUT2D eigenvalue weighted by Crippen LogP contribution is 2.16. The zero-order valence-corrected chi connectivity index (χ0v) is 14.4. The molecule has 3 rings (SSSR count). The Balaban J connectivity index is 1.71. The first kappa shape index (κ1) is 17.8. The van der Waals surface area contributed by atoms with E-state index < -0.39 is 5.91 Å². The minimum Gasteiger partial charge on any atom is -0.340 e. The number of benzene rings is 2. The van der Waals surface area contributed by atoms with Crippen molar-refractivity contribution in [1.29, 1.82) is 5.26 Å². The third-order valence-corrected chi connectivity index (χ3v) is 3.74. The zero-order valence-electron chi connectivity index (χ0n) is 14.4. The molecule has 0 spiro atoms. The fraction of sp³-hybridized carbons (Fsp3) is 0.0500. The number of carbonyl (C=O) groups excluding carboxylic acids is 2. The molecule has 0 saturated heterocycles. The van der Waals surface area contributed by atoms with Crippen molar-refractivity contribution in [3.05, 3.63) is 77.7 Å². The van der Waals surface area contributed by atoms with E-state index in [-0.39, 0.29) is 11.5 Å². The Morgan fingerprint density at radius 3 is 2.26 bits per heavy atom. The van der Waals surface area contributed by atoms with Gasteiger partial charge in [0, 0.05) is 23.0 Å². The average molecular weight is 357 g/mol. The van der Waals surface area contributed by atoms with Gasteiger partial charge in [0.1, 0.15) is 17.8 Å². The van der Waals surface area contributed by atoms with Crippen LogP contribution in [0.3, 0.4) is 0 Å². The molecule has 0 unspecified atom stereocenters. The number of nitrogens with one attached hydrogen (secondary N) is 2. The predicted octanol–water partition coefficient (Wildman–Crippen LogP) is 3.55. The number of hydrogen-bond acceptors (Lipinski definition) is 6. The first-order valence-corrected chi connectivity index (χ1v) is 8.07. The van der Waals surface area contributed by atoms with Crippen LogP contribution in [0.15, 0.2) is 60.9 Å². The molecule has 132 valence electrons. The lowest BCUT2D eigenvalue weighted by Crippen LogP contribution is -2.14. The van der Waals surface area contributed by atoms with E-state index in [1.807, 2.05) is 6.07 Å². The topological polar surface area (TPSA) is 108 Å². The largest absolute Gasteiger partial charge is 0.340 e. The number of rotatable bonds is 5. The molecular weight excluding hydrogens is 342 g/mol. The number of nitrogens with zero attached hydrogens (tertiary/aromatic N) is 3. The number of anilines is 3. The first-order chi connectivity index (χ1) is 13.0. The van der Waals surface area contributed by atoms with Crippen LogP contribution in [0, 0.1) is 11.3 Å². The Bertz CT molecular complexity index is 1020. The van der Waals surface area contributed by atoms with E-state index in [2.05, 4.69) is 20.6 Å². The summed E-state index contributed by atoms with van der Waals surface area (Å²) in [5.41, 5.74) is 2.61.